The summed E-state index contributed by atoms with van der Waals surface area (Å²) < 4.78 is 1.89. The van der Waals surface area contributed by atoms with Gasteiger partial charge in [-0.3, -0.25) is 4.68 Å². The Labute approximate surface area is 130 Å². The Bertz CT molecular complexity index is 650. The van der Waals surface area contributed by atoms with Crippen LogP contribution in [0.3, 0.4) is 0 Å². The summed E-state index contributed by atoms with van der Waals surface area (Å²) in [5.74, 6) is 0. The second-order valence-electron chi connectivity index (χ2n) is 5.76. The minimum Gasteiger partial charge on any atom is -0.364 e. The van der Waals surface area contributed by atoms with Gasteiger partial charge in [0, 0.05) is 31.9 Å². The van der Waals surface area contributed by atoms with E-state index in [0.29, 0.717) is 6.04 Å². The van der Waals surface area contributed by atoms with Crippen LogP contribution >= 0.6 is 11.6 Å². The third-order valence-corrected chi connectivity index (χ3v) is 4.56. The molecule has 0 saturated heterocycles. The predicted octanol–water partition coefficient (Wildman–Crippen LogP) is 2.88. The van der Waals surface area contributed by atoms with E-state index >= 15 is 0 Å². The van der Waals surface area contributed by atoms with E-state index in [9.17, 15) is 0 Å². The minimum absolute atomic E-state index is 0.436. The first kappa shape index (κ1) is 14.4. The lowest BCUT2D eigenvalue weighted by atomic mass is 10.1. The van der Waals surface area contributed by atoms with Crippen LogP contribution in [-0.2, 0) is 20.1 Å². The van der Waals surface area contributed by atoms with Crippen molar-refractivity contribution in [3.63, 3.8) is 0 Å². The molecule has 1 aliphatic heterocycles. The molecule has 4 nitrogen and oxygen atoms in total. The first-order chi connectivity index (χ1) is 10.1. The van der Waals surface area contributed by atoms with Crippen molar-refractivity contribution in [2.75, 3.05) is 11.4 Å². The molecular weight excluding hydrogens is 284 g/mol. The molecule has 1 aliphatic rings. The maximum absolute atomic E-state index is 6.41. The van der Waals surface area contributed by atoms with E-state index in [-0.39, 0.29) is 0 Å². The summed E-state index contributed by atoms with van der Waals surface area (Å²) in [4.78, 5) is 2.39. The van der Waals surface area contributed by atoms with Gasteiger partial charge < -0.3 is 10.2 Å². The van der Waals surface area contributed by atoms with Crippen LogP contribution in [0.25, 0.3) is 0 Å². The van der Waals surface area contributed by atoms with Crippen molar-refractivity contribution in [3.05, 3.63) is 46.2 Å². The molecule has 0 saturated carbocycles. The summed E-state index contributed by atoms with van der Waals surface area (Å²) in [6.45, 7) is 6.81. The van der Waals surface area contributed by atoms with Crippen molar-refractivity contribution in [1.82, 2.24) is 15.1 Å². The van der Waals surface area contributed by atoms with Crippen LogP contribution in [0, 0.1) is 6.92 Å². The number of nitrogens with zero attached hydrogens (tertiary/aromatic N) is 3. The van der Waals surface area contributed by atoms with Gasteiger partial charge in [-0.05, 0) is 25.5 Å². The molecule has 1 unspecified atom stereocenters. The number of para-hydroxylation sites is 1. The molecule has 0 amide bonds. The van der Waals surface area contributed by atoms with Crippen LogP contribution in [0.2, 0.25) is 5.02 Å². The zero-order valence-electron chi connectivity index (χ0n) is 12.7. The van der Waals surface area contributed by atoms with Gasteiger partial charge in [0.05, 0.1) is 23.0 Å². The number of hydrogen-bond donors (Lipinski definition) is 1. The molecular formula is C16H21ClN4. The maximum Gasteiger partial charge on any atom is 0.0865 e. The average molecular weight is 305 g/mol. The van der Waals surface area contributed by atoms with Crippen molar-refractivity contribution < 1.29 is 0 Å². The lowest BCUT2D eigenvalue weighted by molar-refractivity contribution is 0.547. The molecule has 0 spiro atoms. The average Bonchev–Trinajstić information content (AvgIpc) is 2.63. The van der Waals surface area contributed by atoms with E-state index in [0.717, 1.165) is 36.0 Å². The van der Waals surface area contributed by atoms with E-state index in [1.54, 1.807) is 0 Å². The highest BCUT2D eigenvalue weighted by molar-refractivity contribution is 6.31. The van der Waals surface area contributed by atoms with Gasteiger partial charge in [-0.15, -0.1) is 0 Å². The SMILES string of the molecule is Cc1nn(C)c(CN2CC(C)NCc3ccccc32)c1Cl. The van der Waals surface area contributed by atoms with E-state index in [2.05, 4.69) is 46.5 Å². The van der Waals surface area contributed by atoms with Gasteiger partial charge in [0.15, 0.2) is 0 Å². The number of aromatic nitrogens is 2. The summed E-state index contributed by atoms with van der Waals surface area (Å²) in [6.07, 6.45) is 0. The van der Waals surface area contributed by atoms with E-state index in [1.807, 2.05) is 18.7 Å². The van der Waals surface area contributed by atoms with Crippen molar-refractivity contribution >= 4 is 17.3 Å². The molecule has 21 heavy (non-hydrogen) atoms. The molecule has 0 radical (unpaired) electrons. The monoisotopic (exact) mass is 304 g/mol. The summed E-state index contributed by atoms with van der Waals surface area (Å²) in [5, 5.41) is 8.75. The van der Waals surface area contributed by atoms with E-state index < -0.39 is 0 Å². The number of rotatable bonds is 2. The van der Waals surface area contributed by atoms with Crippen LogP contribution in [0.5, 0.6) is 0 Å². The number of halogens is 1. The van der Waals surface area contributed by atoms with Crippen LogP contribution in [0.4, 0.5) is 5.69 Å². The lowest BCUT2D eigenvalue weighted by Crippen LogP contribution is -2.36. The molecule has 2 aromatic rings. The smallest absolute Gasteiger partial charge is 0.0865 e. The predicted molar refractivity (Wildman–Crippen MR) is 86.7 cm³/mol. The van der Waals surface area contributed by atoms with Crippen LogP contribution < -0.4 is 10.2 Å². The van der Waals surface area contributed by atoms with Crippen LogP contribution in [-0.4, -0.2) is 22.4 Å². The van der Waals surface area contributed by atoms with Gasteiger partial charge in [-0.1, -0.05) is 29.8 Å². The first-order valence-corrected chi connectivity index (χ1v) is 7.68. The number of aryl methyl sites for hydroxylation is 2. The highest BCUT2D eigenvalue weighted by Crippen LogP contribution is 2.28. The number of hydrogen-bond acceptors (Lipinski definition) is 3. The number of benzene rings is 1. The van der Waals surface area contributed by atoms with Crippen molar-refractivity contribution in [2.24, 2.45) is 7.05 Å². The highest BCUT2D eigenvalue weighted by atomic mass is 35.5. The quantitative estimate of drug-likeness (QED) is 0.926. The molecule has 1 atom stereocenters. The fourth-order valence-corrected chi connectivity index (χ4v) is 3.15. The molecule has 112 valence electrons. The molecule has 0 aliphatic carbocycles. The number of anilines is 1. The molecule has 0 bridgehead atoms. The second-order valence-corrected chi connectivity index (χ2v) is 6.14. The van der Waals surface area contributed by atoms with E-state index in [1.165, 1.54) is 11.3 Å². The second kappa shape index (κ2) is 5.70. The zero-order valence-corrected chi connectivity index (χ0v) is 13.5. The van der Waals surface area contributed by atoms with Crippen molar-refractivity contribution in [1.29, 1.82) is 0 Å². The zero-order chi connectivity index (χ0) is 15.0. The molecule has 1 N–H and O–H groups in total. The summed E-state index contributed by atoms with van der Waals surface area (Å²) in [6, 6.07) is 8.99. The fourth-order valence-electron chi connectivity index (χ4n) is 2.93. The van der Waals surface area contributed by atoms with Crippen molar-refractivity contribution in [3.8, 4) is 0 Å². The van der Waals surface area contributed by atoms with Gasteiger partial charge in [0.2, 0.25) is 0 Å². The topological polar surface area (TPSA) is 33.1 Å². The maximum atomic E-state index is 6.41. The number of fused-ring (bicyclic) bond motifs is 1. The van der Waals surface area contributed by atoms with E-state index in [4.69, 9.17) is 11.6 Å². The Kier molecular flexibility index (Phi) is 3.91. The fraction of sp³-hybridized carbons (Fsp3) is 0.438. The Morgan fingerprint density at radius 3 is 2.86 bits per heavy atom. The minimum atomic E-state index is 0.436. The van der Waals surface area contributed by atoms with Gasteiger partial charge in [0.25, 0.3) is 0 Å². The third-order valence-electron chi connectivity index (χ3n) is 4.07. The van der Waals surface area contributed by atoms with Gasteiger partial charge in [-0.2, -0.15) is 5.10 Å². The normalized spacial score (nSPS) is 18.5. The Balaban J connectivity index is 1.96. The summed E-state index contributed by atoms with van der Waals surface area (Å²) in [5.41, 5.74) is 4.57. The third kappa shape index (κ3) is 2.78. The molecule has 5 heteroatoms. The molecule has 3 rings (SSSR count). The standard InChI is InChI=1S/C16H21ClN4/c1-11-9-21(10-15-16(17)12(2)19-20(15)3)14-7-5-4-6-13(14)8-18-11/h4-7,11,18H,8-10H2,1-3H3. The largest absolute Gasteiger partial charge is 0.364 e. The Hall–Kier alpha value is -1.52. The molecule has 0 fully saturated rings. The van der Waals surface area contributed by atoms with Gasteiger partial charge in [0.1, 0.15) is 0 Å². The Morgan fingerprint density at radius 2 is 2.14 bits per heavy atom. The van der Waals surface area contributed by atoms with Crippen LogP contribution in [0.1, 0.15) is 23.9 Å². The lowest BCUT2D eigenvalue weighted by Gasteiger charge is -2.26. The van der Waals surface area contributed by atoms with Gasteiger partial charge in [-0.25, -0.2) is 0 Å². The Morgan fingerprint density at radius 1 is 1.38 bits per heavy atom. The summed E-state index contributed by atoms with van der Waals surface area (Å²) in [7, 11) is 1.96. The molecule has 2 heterocycles. The summed E-state index contributed by atoms with van der Waals surface area (Å²) >= 11 is 6.41. The van der Waals surface area contributed by atoms with Crippen LogP contribution in [0.15, 0.2) is 24.3 Å². The van der Waals surface area contributed by atoms with Crippen molar-refractivity contribution in [2.45, 2.75) is 33.0 Å². The highest BCUT2D eigenvalue weighted by Gasteiger charge is 2.21. The molecule has 1 aromatic heterocycles. The van der Waals surface area contributed by atoms with Gasteiger partial charge >= 0.3 is 0 Å². The first-order valence-electron chi connectivity index (χ1n) is 7.30. The molecule has 1 aromatic carbocycles. The number of nitrogens with one attached hydrogen (secondary N) is 1.